The van der Waals surface area contributed by atoms with Gasteiger partial charge in [-0.15, -0.1) is 0 Å². The molecule has 1 fully saturated rings. The van der Waals surface area contributed by atoms with Crippen molar-refractivity contribution in [3.63, 3.8) is 0 Å². The summed E-state index contributed by atoms with van der Waals surface area (Å²) in [5, 5.41) is 17.5. The van der Waals surface area contributed by atoms with Gasteiger partial charge in [0.05, 0.1) is 36.7 Å². The molecule has 0 spiro atoms. The summed E-state index contributed by atoms with van der Waals surface area (Å²) in [6.45, 7) is 7.10. The smallest absolute Gasteiger partial charge is 0.276 e. The summed E-state index contributed by atoms with van der Waals surface area (Å²) in [7, 11) is 0. The molecule has 1 aliphatic rings. The molecule has 1 heterocycles. The first-order chi connectivity index (χ1) is 13.1. The molecule has 6 heteroatoms. The summed E-state index contributed by atoms with van der Waals surface area (Å²) in [5.74, 6) is 0. The van der Waals surface area contributed by atoms with Gasteiger partial charge in [-0.05, 0) is 25.1 Å². The van der Waals surface area contributed by atoms with E-state index >= 15 is 0 Å². The third-order valence-electron chi connectivity index (χ3n) is 4.75. The summed E-state index contributed by atoms with van der Waals surface area (Å²) in [4.78, 5) is 12.2. The highest BCUT2D eigenvalue weighted by molar-refractivity contribution is 5.79. The highest BCUT2D eigenvalue weighted by Crippen LogP contribution is 2.18. The monoisotopic (exact) mass is 365 g/mol. The van der Waals surface area contributed by atoms with Crippen LogP contribution in [0, 0.1) is 17.0 Å². The van der Waals surface area contributed by atoms with E-state index in [-0.39, 0.29) is 10.6 Å². The molecular formula is C21H25N4O2+. The van der Waals surface area contributed by atoms with Crippen LogP contribution < -0.4 is 4.90 Å². The summed E-state index contributed by atoms with van der Waals surface area (Å²) < 4.78 is 0. The van der Waals surface area contributed by atoms with E-state index in [9.17, 15) is 10.1 Å². The van der Waals surface area contributed by atoms with Crippen molar-refractivity contribution in [2.75, 3.05) is 26.2 Å². The molecule has 0 bridgehead atoms. The average molecular weight is 365 g/mol. The molecule has 27 heavy (non-hydrogen) atoms. The molecule has 0 saturated carbocycles. The number of quaternary nitrogens is 1. The van der Waals surface area contributed by atoms with E-state index in [4.69, 9.17) is 0 Å². The Morgan fingerprint density at radius 2 is 1.85 bits per heavy atom. The first kappa shape index (κ1) is 18.8. The highest BCUT2D eigenvalue weighted by atomic mass is 16.6. The fraction of sp³-hybridized carbons (Fsp3) is 0.286. The van der Waals surface area contributed by atoms with Gasteiger partial charge >= 0.3 is 0 Å². The number of hydrazone groups is 1. The minimum absolute atomic E-state index is 0.107. The fourth-order valence-corrected chi connectivity index (χ4v) is 3.17. The maximum Gasteiger partial charge on any atom is 0.276 e. The van der Waals surface area contributed by atoms with Crippen molar-refractivity contribution in [2.24, 2.45) is 5.10 Å². The average Bonchev–Trinajstić information content (AvgIpc) is 2.68. The molecule has 1 N–H and O–H groups in total. The number of allylic oxidation sites excluding steroid dienone is 1. The van der Waals surface area contributed by atoms with Gasteiger partial charge in [-0.2, -0.15) is 5.10 Å². The topological polar surface area (TPSA) is 63.2 Å². The largest absolute Gasteiger partial charge is 0.328 e. The number of aryl methyl sites for hydroxylation is 1. The van der Waals surface area contributed by atoms with Crippen LogP contribution in [0.2, 0.25) is 0 Å². The van der Waals surface area contributed by atoms with Crippen LogP contribution in [0.15, 0.2) is 59.7 Å². The molecule has 0 unspecified atom stereocenters. The lowest BCUT2D eigenvalue weighted by molar-refractivity contribution is -0.918. The molecule has 0 aromatic heterocycles. The van der Waals surface area contributed by atoms with Gasteiger partial charge in [-0.1, -0.05) is 42.0 Å². The molecule has 140 valence electrons. The molecule has 2 aromatic rings. The van der Waals surface area contributed by atoms with Gasteiger partial charge in [0.25, 0.3) is 5.69 Å². The molecule has 0 radical (unpaired) electrons. The van der Waals surface area contributed by atoms with Crippen molar-refractivity contribution in [3.8, 4) is 0 Å². The fourth-order valence-electron chi connectivity index (χ4n) is 3.17. The SMILES string of the molecule is Cc1ccc(C[NH+]2CCN(N=CC=Cc3ccccc3[N+](=O)[O-])CC2)cc1. The van der Waals surface area contributed by atoms with Gasteiger partial charge in [-0.25, -0.2) is 0 Å². The standard InChI is InChI=1S/C21H24N4O2/c1-18-8-10-19(11-9-18)17-23-13-15-24(16-14-23)22-12-4-6-20-5-2-3-7-21(20)25(26)27/h2-12H,13-17H2,1H3/p+1. The molecule has 0 amide bonds. The molecule has 0 aliphatic carbocycles. The van der Waals surface area contributed by atoms with Gasteiger partial charge in [-0.3, -0.25) is 15.1 Å². The number of benzene rings is 2. The Kier molecular flexibility index (Phi) is 6.33. The van der Waals surface area contributed by atoms with Crippen LogP contribution in [-0.2, 0) is 6.54 Å². The van der Waals surface area contributed by atoms with E-state index < -0.39 is 0 Å². The predicted octanol–water partition coefficient (Wildman–Crippen LogP) is 2.30. The normalized spacial score (nSPS) is 15.7. The molecular weight excluding hydrogens is 340 g/mol. The van der Waals surface area contributed by atoms with Gasteiger partial charge in [0, 0.05) is 17.8 Å². The van der Waals surface area contributed by atoms with Gasteiger partial charge < -0.3 is 4.90 Å². The van der Waals surface area contributed by atoms with Crippen LogP contribution in [0.25, 0.3) is 6.08 Å². The first-order valence-electron chi connectivity index (χ1n) is 9.20. The lowest BCUT2D eigenvalue weighted by Crippen LogP contribution is -3.13. The Balaban J connectivity index is 1.48. The van der Waals surface area contributed by atoms with E-state index in [1.54, 1.807) is 41.5 Å². The Hall–Kier alpha value is -2.99. The Morgan fingerprint density at radius 3 is 2.56 bits per heavy atom. The van der Waals surface area contributed by atoms with E-state index in [0.29, 0.717) is 5.56 Å². The van der Waals surface area contributed by atoms with Gasteiger partial charge in [0.15, 0.2) is 0 Å². The molecule has 1 aliphatic heterocycles. The summed E-state index contributed by atoms with van der Waals surface area (Å²) >= 11 is 0. The number of hydrogen-bond donors (Lipinski definition) is 1. The van der Waals surface area contributed by atoms with Crippen molar-refractivity contribution < 1.29 is 9.82 Å². The lowest BCUT2D eigenvalue weighted by Gasteiger charge is -2.30. The minimum atomic E-state index is -0.368. The summed E-state index contributed by atoms with van der Waals surface area (Å²) in [6, 6.07) is 15.4. The predicted molar refractivity (Wildman–Crippen MR) is 108 cm³/mol. The summed E-state index contributed by atoms with van der Waals surface area (Å²) in [6.07, 6.45) is 5.19. The van der Waals surface area contributed by atoms with Crippen molar-refractivity contribution >= 4 is 18.0 Å². The number of nitrogens with one attached hydrogen (secondary N) is 1. The Bertz CT molecular complexity index is 822. The maximum atomic E-state index is 11.0. The zero-order valence-corrected chi connectivity index (χ0v) is 15.5. The number of hydrogen-bond acceptors (Lipinski definition) is 4. The quantitative estimate of drug-likeness (QED) is 0.485. The van der Waals surface area contributed by atoms with Gasteiger partial charge in [0.2, 0.25) is 0 Å². The highest BCUT2D eigenvalue weighted by Gasteiger charge is 2.18. The van der Waals surface area contributed by atoms with Crippen LogP contribution in [-0.4, -0.2) is 42.3 Å². The minimum Gasteiger partial charge on any atom is -0.328 e. The van der Waals surface area contributed by atoms with Crippen molar-refractivity contribution in [1.29, 1.82) is 0 Å². The van der Waals surface area contributed by atoms with Crippen molar-refractivity contribution in [1.82, 2.24) is 5.01 Å². The van der Waals surface area contributed by atoms with Crippen LogP contribution in [0.5, 0.6) is 0 Å². The third kappa shape index (κ3) is 5.49. The van der Waals surface area contributed by atoms with Gasteiger partial charge in [0.1, 0.15) is 6.54 Å². The zero-order chi connectivity index (χ0) is 19.1. The van der Waals surface area contributed by atoms with E-state index in [2.05, 4.69) is 41.3 Å². The van der Waals surface area contributed by atoms with E-state index in [1.165, 1.54) is 17.2 Å². The molecule has 6 nitrogen and oxygen atoms in total. The number of piperazine rings is 1. The van der Waals surface area contributed by atoms with Crippen LogP contribution in [0.1, 0.15) is 16.7 Å². The number of nitro groups is 1. The molecule has 0 atom stereocenters. The van der Waals surface area contributed by atoms with Crippen molar-refractivity contribution in [3.05, 3.63) is 81.4 Å². The lowest BCUT2D eigenvalue weighted by atomic mass is 10.1. The van der Waals surface area contributed by atoms with E-state index in [0.717, 1.165) is 32.7 Å². The number of nitrogens with zero attached hydrogens (tertiary/aromatic N) is 3. The second-order valence-electron chi connectivity index (χ2n) is 6.81. The van der Waals surface area contributed by atoms with Crippen LogP contribution in [0.4, 0.5) is 5.69 Å². The second kappa shape index (κ2) is 9.09. The molecule has 3 rings (SSSR count). The number of nitro benzene ring substituents is 1. The number of para-hydroxylation sites is 1. The first-order valence-corrected chi connectivity index (χ1v) is 9.20. The molecule has 2 aromatic carbocycles. The van der Waals surface area contributed by atoms with Crippen LogP contribution in [0.3, 0.4) is 0 Å². The van der Waals surface area contributed by atoms with Crippen LogP contribution >= 0.6 is 0 Å². The third-order valence-corrected chi connectivity index (χ3v) is 4.75. The zero-order valence-electron chi connectivity index (χ0n) is 15.5. The Labute approximate surface area is 159 Å². The Morgan fingerprint density at radius 1 is 1.15 bits per heavy atom. The van der Waals surface area contributed by atoms with Crippen molar-refractivity contribution in [2.45, 2.75) is 13.5 Å². The number of rotatable bonds is 6. The van der Waals surface area contributed by atoms with E-state index in [1.807, 2.05) is 0 Å². The molecule has 1 saturated heterocycles. The second-order valence-corrected chi connectivity index (χ2v) is 6.81. The maximum absolute atomic E-state index is 11.0. The summed E-state index contributed by atoms with van der Waals surface area (Å²) in [5.41, 5.74) is 3.36.